The first-order valence-electron chi connectivity index (χ1n) is 10.5. The SMILES string of the molecule is CCc1ccc(C(=O)NCCC(C)c2ccccc2)cc1S(=O)(=O)N1CCOCC1. The van der Waals surface area contributed by atoms with Crippen molar-refractivity contribution in [3.63, 3.8) is 0 Å². The van der Waals surface area contributed by atoms with Crippen LogP contribution in [0.1, 0.15) is 47.7 Å². The van der Waals surface area contributed by atoms with Gasteiger partial charge in [-0.15, -0.1) is 0 Å². The summed E-state index contributed by atoms with van der Waals surface area (Å²) in [5, 5.41) is 2.93. The van der Waals surface area contributed by atoms with Crippen LogP contribution in [0.15, 0.2) is 53.4 Å². The second-order valence-corrected chi connectivity index (χ2v) is 9.46. The Balaban J connectivity index is 1.70. The maximum Gasteiger partial charge on any atom is 0.251 e. The first-order valence-corrected chi connectivity index (χ1v) is 11.9. The van der Waals surface area contributed by atoms with Gasteiger partial charge in [0.2, 0.25) is 10.0 Å². The zero-order valence-electron chi connectivity index (χ0n) is 17.6. The van der Waals surface area contributed by atoms with E-state index in [4.69, 9.17) is 4.74 Å². The summed E-state index contributed by atoms with van der Waals surface area (Å²) < 4.78 is 33.0. The summed E-state index contributed by atoms with van der Waals surface area (Å²) in [4.78, 5) is 12.9. The van der Waals surface area contributed by atoms with Crippen molar-refractivity contribution in [2.24, 2.45) is 0 Å². The molecule has 1 fully saturated rings. The van der Waals surface area contributed by atoms with Crippen molar-refractivity contribution in [2.45, 2.75) is 37.5 Å². The summed E-state index contributed by atoms with van der Waals surface area (Å²) in [5.41, 5.74) is 2.32. The Hall–Kier alpha value is -2.22. The fraction of sp³-hybridized carbons (Fsp3) is 0.435. The minimum Gasteiger partial charge on any atom is -0.379 e. The van der Waals surface area contributed by atoms with E-state index in [9.17, 15) is 13.2 Å². The molecule has 162 valence electrons. The number of nitrogens with zero attached hydrogens (tertiary/aromatic N) is 1. The molecule has 1 N–H and O–H groups in total. The van der Waals surface area contributed by atoms with Crippen LogP contribution in [0.4, 0.5) is 0 Å². The molecule has 0 radical (unpaired) electrons. The van der Waals surface area contributed by atoms with Crippen LogP contribution >= 0.6 is 0 Å². The Morgan fingerprint density at radius 3 is 2.50 bits per heavy atom. The third kappa shape index (κ3) is 5.28. The van der Waals surface area contributed by atoms with Crippen LogP contribution in [0.25, 0.3) is 0 Å². The van der Waals surface area contributed by atoms with Crippen molar-refractivity contribution in [1.82, 2.24) is 9.62 Å². The number of carbonyl (C=O) groups is 1. The molecular formula is C23H30N2O4S. The lowest BCUT2D eigenvalue weighted by Crippen LogP contribution is -2.41. The smallest absolute Gasteiger partial charge is 0.251 e. The summed E-state index contributed by atoms with van der Waals surface area (Å²) in [6.45, 7) is 6.01. The summed E-state index contributed by atoms with van der Waals surface area (Å²) in [6.07, 6.45) is 1.39. The number of rotatable bonds is 8. The highest BCUT2D eigenvalue weighted by Gasteiger charge is 2.29. The van der Waals surface area contributed by atoms with Crippen LogP contribution in [0.2, 0.25) is 0 Å². The molecule has 2 aromatic carbocycles. The molecule has 0 aliphatic carbocycles. The second kappa shape index (κ2) is 10.2. The molecule has 0 spiro atoms. The molecule has 1 atom stereocenters. The fourth-order valence-corrected chi connectivity index (χ4v) is 5.33. The third-order valence-electron chi connectivity index (χ3n) is 5.53. The van der Waals surface area contributed by atoms with Gasteiger partial charge in [0.15, 0.2) is 0 Å². The van der Waals surface area contributed by atoms with E-state index in [0.717, 1.165) is 12.0 Å². The predicted octanol–water partition coefficient (Wildman–Crippen LogP) is 3.19. The monoisotopic (exact) mass is 430 g/mol. The molecule has 1 unspecified atom stereocenters. The highest BCUT2D eigenvalue weighted by atomic mass is 32.2. The van der Waals surface area contributed by atoms with Crippen molar-refractivity contribution in [1.29, 1.82) is 0 Å². The molecule has 6 nitrogen and oxygen atoms in total. The standard InChI is InChI=1S/C23H30N2O4S/c1-3-19-9-10-21(17-22(19)30(27,28)25-13-15-29-16-14-25)23(26)24-12-11-18(2)20-7-5-4-6-8-20/h4-10,17-18H,3,11-16H2,1-2H3,(H,24,26). The molecule has 1 aliphatic rings. The van der Waals surface area contributed by atoms with E-state index >= 15 is 0 Å². The van der Waals surface area contributed by atoms with E-state index in [1.54, 1.807) is 12.1 Å². The Bertz CT molecular complexity index is 954. The Kier molecular flexibility index (Phi) is 7.64. The van der Waals surface area contributed by atoms with Crippen LogP contribution in [0.5, 0.6) is 0 Å². The number of sulfonamides is 1. The third-order valence-corrected chi connectivity index (χ3v) is 7.51. The molecule has 1 saturated heterocycles. The molecule has 7 heteroatoms. The zero-order chi connectivity index (χ0) is 21.6. The number of benzene rings is 2. The van der Waals surface area contributed by atoms with Gasteiger partial charge in [-0.05, 0) is 42.0 Å². The van der Waals surface area contributed by atoms with E-state index in [2.05, 4.69) is 24.4 Å². The molecule has 3 rings (SSSR count). The molecule has 0 bridgehead atoms. The molecule has 30 heavy (non-hydrogen) atoms. The number of carbonyl (C=O) groups excluding carboxylic acids is 1. The van der Waals surface area contributed by atoms with Crippen LogP contribution in [-0.4, -0.2) is 51.5 Å². The zero-order valence-corrected chi connectivity index (χ0v) is 18.5. The van der Waals surface area contributed by atoms with Crippen molar-refractivity contribution in [3.05, 3.63) is 65.2 Å². The number of ether oxygens (including phenoxy) is 1. The first kappa shape index (κ1) is 22.5. The Morgan fingerprint density at radius 2 is 1.83 bits per heavy atom. The van der Waals surface area contributed by atoms with Gasteiger partial charge in [-0.2, -0.15) is 4.31 Å². The first-order chi connectivity index (χ1) is 14.4. The molecule has 2 aromatic rings. The highest BCUT2D eigenvalue weighted by molar-refractivity contribution is 7.89. The number of amides is 1. The van der Waals surface area contributed by atoms with Gasteiger partial charge in [0, 0.05) is 25.2 Å². The number of nitrogens with one attached hydrogen (secondary N) is 1. The van der Waals surface area contributed by atoms with Gasteiger partial charge in [-0.25, -0.2) is 8.42 Å². The lowest BCUT2D eigenvalue weighted by Gasteiger charge is -2.27. The van der Waals surface area contributed by atoms with Gasteiger partial charge in [0.1, 0.15) is 0 Å². The van der Waals surface area contributed by atoms with Crippen molar-refractivity contribution in [2.75, 3.05) is 32.8 Å². The van der Waals surface area contributed by atoms with E-state index in [1.165, 1.54) is 15.9 Å². The van der Waals surface area contributed by atoms with E-state index in [1.807, 2.05) is 25.1 Å². The maximum absolute atomic E-state index is 13.1. The molecule has 1 aliphatic heterocycles. The van der Waals surface area contributed by atoms with E-state index in [-0.39, 0.29) is 10.8 Å². The number of aryl methyl sites for hydroxylation is 1. The van der Waals surface area contributed by atoms with Gasteiger partial charge in [0.05, 0.1) is 18.1 Å². The average molecular weight is 431 g/mol. The van der Waals surface area contributed by atoms with Crippen molar-refractivity contribution >= 4 is 15.9 Å². The van der Waals surface area contributed by atoms with E-state index < -0.39 is 10.0 Å². The number of morpholine rings is 1. The summed E-state index contributed by atoms with van der Waals surface area (Å²) in [6, 6.07) is 15.1. The van der Waals surface area contributed by atoms with Crippen LogP contribution in [0, 0.1) is 0 Å². The second-order valence-electron chi connectivity index (χ2n) is 7.55. The largest absolute Gasteiger partial charge is 0.379 e. The predicted molar refractivity (Wildman–Crippen MR) is 117 cm³/mol. The minimum atomic E-state index is -3.66. The highest BCUT2D eigenvalue weighted by Crippen LogP contribution is 2.24. The molecule has 0 aromatic heterocycles. The van der Waals surface area contributed by atoms with Crippen LogP contribution < -0.4 is 5.32 Å². The number of hydrogen-bond donors (Lipinski definition) is 1. The molecule has 0 saturated carbocycles. The van der Waals surface area contributed by atoms with E-state index in [0.29, 0.717) is 50.8 Å². The summed E-state index contributed by atoms with van der Waals surface area (Å²) in [5.74, 6) is 0.0718. The molecule has 1 heterocycles. The van der Waals surface area contributed by atoms with Crippen LogP contribution in [-0.2, 0) is 21.2 Å². The maximum atomic E-state index is 13.1. The summed E-state index contributed by atoms with van der Waals surface area (Å²) in [7, 11) is -3.66. The lowest BCUT2D eigenvalue weighted by atomic mass is 9.98. The quantitative estimate of drug-likeness (QED) is 0.698. The lowest BCUT2D eigenvalue weighted by molar-refractivity contribution is 0.0730. The fourth-order valence-electron chi connectivity index (χ4n) is 3.61. The van der Waals surface area contributed by atoms with Gasteiger partial charge < -0.3 is 10.1 Å². The number of hydrogen-bond acceptors (Lipinski definition) is 4. The topological polar surface area (TPSA) is 75.7 Å². The Morgan fingerprint density at radius 1 is 1.13 bits per heavy atom. The van der Waals surface area contributed by atoms with Crippen LogP contribution in [0.3, 0.4) is 0 Å². The van der Waals surface area contributed by atoms with Gasteiger partial charge in [-0.3, -0.25) is 4.79 Å². The van der Waals surface area contributed by atoms with Gasteiger partial charge in [-0.1, -0.05) is 50.2 Å². The van der Waals surface area contributed by atoms with Gasteiger partial charge in [0.25, 0.3) is 5.91 Å². The molecular weight excluding hydrogens is 400 g/mol. The Labute approximate surface area is 179 Å². The van der Waals surface area contributed by atoms with Gasteiger partial charge >= 0.3 is 0 Å². The average Bonchev–Trinajstić information content (AvgIpc) is 2.79. The summed E-state index contributed by atoms with van der Waals surface area (Å²) >= 11 is 0. The normalized spacial score (nSPS) is 16.2. The van der Waals surface area contributed by atoms with Crippen molar-refractivity contribution < 1.29 is 17.9 Å². The molecule has 1 amide bonds. The minimum absolute atomic E-state index is 0.220. The van der Waals surface area contributed by atoms with Crippen molar-refractivity contribution in [3.8, 4) is 0 Å².